The van der Waals surface area contributed by atoms with Gasteiger partial charge in [0.1, 0.15) is 0 Å². The van der Waals surface area contributed by atoms with Crippen molar-refractivity contribution in [3.8, 4) is 0 Å². The van der Waals surface area contributed by atoms with Crippen molar-refractivity contribution >= 4 is 11.9 Å². The highest BCUT2D eigenvalue weighted by Gasteiger charge is 2.04. The van der Waals surface area contributed by atoms with Crippen LogP contribution in [0.5, 0.6) is 0 Å². The summed E-state index contributed by atoms with van der Waals surface area (Å²) in [6.07, 6.45) is 5.23. The van der Waals surface area contributed by atoms with Gasteiger partial charge in [-0.3, -0.25) is 9.48 Å². The van der Waals surface area contributed by atoms with Crippen LogP contribution in [0.2, 0.25) is 0 Å². The second kappa shape index (κ2) is 5.65. The third kappa shape index (κ3) is 2.99. The largest absolute Gasteiger partial charge is 0.289 e. The summed E-state index contributed by atoms with van der Waals surface area (Å²) in [5.74, 6) is 0.0173. The normalized spacial score (nSPS) is 11.1. The molecule has 3 heteroatoms. The van der Waals surface area contributed by atoms with Gasteiger partial charge in [0.05, 0.1) is 6.20 Å². The fraction of sp³-hybridized carbons (Fsp3) is 0.250. The Morgan fingerprint density at radius 1 is 1.26 bits per heavy atom. The summed E-state index contributed by atoms with van der Waals surface area (Å²) < 4.78 is 1.91. The Morgan fingerprint density at radius 2 is 1.95 bits per heavy atom. The van der Waals surface area contributed by atoms with Crippen molar-refractivity contribution in [1.82, 2.24) is 9.78 Å². The lowest BCUT2D eigenvalue weighted by atomic mass is 10.1. The fourth-order valence-electron chi connectivity index (χ4n) is 1.92. The quantitative estimate of drug-likeness (QED) is 0.619. The molecule has 1 aromatic heterocycles. The van der Waals surface area contributed by atoms with E-state index in [0.29, 0.717) is 5.56 Å². The Bertz CT molecular complexity index is 606. The van der Waals surface area contributed by atoms with Gasteiger partial charge in [-0.05, 0) is 32.9 Å². The van der Waals surface area contributed by atoms with Crippen LogP contribution < -0.4 is 0 Å². The van der Waals surface area contributed by atoms with Gasteiger partial charge in [0.15, 0.2) is 5.78 Å². The molecule has 0 spiro atoms. The van der Waals surface area contributed by atoms with Crippen molar-refractivity contribution in [2.24, 2.45) is 0 Å². The van der Waals surface area contributed by atoms with Crippen LogP contribution in [-0.2, 0) is 6.54 Å². The van der Waals surface area contributed by atoms with E-state index in [1.165, 1.54) is 0 Å². The number of aryl methyl sites for hydroxylation is 2. The molecule has 0 fully saturated rings. The van der Waals surface area contributed by atoms with Gasteiger partial charge in [-0.1, -0.05) is 29.8 Å². The molecule has 0 aliphatic carbocycles. The van der Waals surface area contributed by atoms with E-state index < -0.39 is 0 Å². The number of rotatable bonds is 4. The first-order chi connectivity index (χ1) is 9.11. The summed E-state index contributed by atoms with van der Waals surface area (Å²) in [5.41, 5.74) is 3.93. The molecule has 0 N–H and O–H groups in total. The number of aromatic nitrogens is 2. The molecule has 0 amide bonds. The summed E-state index contributed by atoms with van der Waals surface area (Å²) in [7, 11) is 0. The molecule has 0 aliphatic heterocycles. The lowest BCUT2D eigenvalue weighted by molar-refractivity contribution is 0.104. The molecule has 1 aromatic carbocycles. The molecule has 2 aromatic rings. The number of allylic oxidation sites excluding steroid dienone is 1. The molecule has 0 saturated carbocycles. The Morgan fingerprint density at radius 3 is 2.53 bits per heavy atom. The summed E-state index contributed by atoms with van der Waals surface area (Å²) in [6.45, 7) is 6.90. The predicted octanol–water partition coefficient (Wildman–Crippen LogP) is 3.42. The smallest absolute Gasteiger partial charge is 0.185 e. The molecule has 1 heterocycles. The monoisotopic (exact) mass is 254 g/mol. The first-order valence-electron chi connectivity index (χ1n) is 6.43. The van der Waals surface area contributed by atoms with Crippen LogP contribution >= 0.6 is 0 Å². The second-order valence-electron chi connectivity index (χ2n) is 4.56. The van der Waals surface area contributed by atoms with E-state index in [-0.39, 0.29) is 5.78 Å². The molecule has 0 radical (unpaired) electrons. The molecule has 98 valence electrons. The van der Waals surface area contributed by atoms with Gasteiger partial charge in [0, 0.05) is 23.4 Å². The van der Waals surface area contributed by atoms with E-state index in [1.807, 2.05) is 55.8 Å². The zero-order valence-electron chi connectivity index (χ0n) is 11.6. The summed E-state index contributed by atoms with van der Waals surface area (Å²) >= 11 is 0. The maximum Gasteiger partial charge on any atom is 0.185 e. The highest BCUT2D eigenvalue weighted by Crippen LogP contribution is 2.11. The van der Waals surface area contributed by atoms with E-state index in [0.717, 1.165) is 23.4 Å². The number of carbonyl (C=O) groups is 1. The SMILES string of the molecule is CCn1ncc(C=CC(=O)c2ccc(C)cc2)c1C. The zero-order valence-corrected chi connectivity index (χ0v) is 11.6. The minimum absolute atomic E-state index is 0.0173. The highest BCUT2D eigenvalue weighted by molar-refractivity contribution is 6.06. The predicted molar refractivity (Wildman–Crippen MR) is 77.2 cm³/mol. The average molecular weight is 254 g/mol. The Labute approximate surface area is 113 Å². The lowest BCUT2D eigenvalue weighted by Gasteiger charge is -1.99. The highest BCUT2D eigenvalue weighted by atomic mass is 16.1. The number of hydrogen-bond donors (Lipinski definition) is 0. The summed E-state index contributed by atoms with van der Waals surface area (Å²) in [4.78, 5) is 12.0. The standard InChI is InChI=1S/C16H18N2O/c1-4-18-13(3)15(11-17-18)9-10-16(19)14-7-5-12(2)6-8-14/h5-11H,4H2,1-3H3. The first kappa shape index (κ1) is 13.3. The third-order valence-corrected chi connectivity index (χ3v) is 3.19. The Balaban J connectivity index is 2.16. The van der Waals surface area contributed by atoms with Crippen molar-refractivity contribution in [1.29, 1.82) is 0 Å². The molecular weight excluding hydrogens is 236 g/mol. The van der Waals surface area contributed by atoms with Crippen LogP contribution in [0.4, 0.5) is 0 Å². The van der Waals surface area contributed by atoms with E-state index in [2.05, 4.69) is 5.10 Å². The molecule has 0 unspecified atom stereocenters. The van der Waals surface area contributed by atoms with Crippen LogP contribution in [0, 0.1) is 13.8 Å². The van der Waals surface area contributed by atoms with E-state index in [9.17, 15) is 4.79 Å². The minimum Gasteiger partial charge on any atom is -0.289 e. The third-order valence-electron chi connectivity index (χ3n) is 3.19. The number of carbonyl (C=O) groups excluding carboxylic acids is 1. The number of hydrogen-bond acceptors (Lipinski definition) is 2. The second-order valence-corrected chi connectivity index (χ2v) is 4.56. The Kier molecular flexibility index (Phi) is 3.95. The molecule has 0 aliphatic rings. The number of ketones is 1. The molecule has 0 bridgehead atoms. The van der Waals surface area contributed by atoms with Crippen LogP contribution in [0.25, 0.3) is 6.08 Å². The molecule has 3 nitrogen and oxygen atoms in total. The minimum atomic E-state index is 0.0173. The van der Waals surface area contributed by atoms with Gasteiger partial charge in [0.25, 0.3) is 0 Å². The van der Waals surface area contributed by atoms with Gasteiger partial charge in [-0.25, -0.2) is 0 Å². The van der Waals surface area contributed by atoms with Crippen molar-refractivity contribution in [3.05, 3.63) is 58.9 Å². The first-order valence-corrected chi connectivity index (χ1v) is 6.43. The van der Waals surface area contributed by atoms with Gasteiger partial charge in [-0.2, -0.15) is 5.10 Å². The maximum atomic E-state index is 12.0. The fourth-order valence-corrected chi connectivity index (χ4v) is 1.92. The number of benzene rings is 1. The van der Waals surface area contributed by atoms with Crippen LogP contribution in [-0.4, -0.2) is 15.6 Å². The molecule has 2 rings (SSSR count). The number of nitrogens with zero attached hydrogens (tertiary/aromatic N) is 2. The van der Waals surface area contributed by atoms with Crippen molar-refractivity contribution in [3.63, 3.8) is 0 Å². The van der Waals surface area contributed by atoms with Gasteiger partial charge >= 0.3 is 0 Å². The lowest BCUT2D eigenvalue weighted by Crippen LogP contribution is -1.98. The van der Waals surface area contributed by atoms with Gasteiger partial charge in [0.2, 0.25) is 0 Å². The topological polar surface area (TPSA) is 34.9 Å². The Hall–Kier alpha value is -2.16. The average Bonchev–Trinajstić information content (AvgIpc) is 2.77. The molecule has 19 heavy (non-hydrogen) atoms. The summed E-state index contributed by atoms with van der Waals surface area (Å²) in [5, 5.41) is 4.25. The van der Waals surface area contributed by atoms with Crippen molar-refractivity contribution < 1.29 is 4.79 Å². The summed E-state index contributed by atoms with van der Waals surface area (Å²) in [6, 6.07) is 7.59. The van der Waals surface area contributed by atoms with Crippen molar-refractivity contribution in [2.75, 3.05) is 0 Å². The van der Waals surface area contributed by atoms with Gasteiger partial charge in [-0.15, -0.1) is 0 Å². The van der Waals surface area contributed by atoms with E-state index in [4.69, 9.17) is 0 Å². The van der Waals surface area contributed by atoms with Gasteiger partial charge < -0.3 is 0 Å². The van der Waals surface area contributed by atoms with Crippen LogP contribution in [0.15, 0.2) is 36.5 Å². The van der Waals surface area contributed by atoms with Crippen LogP contribution in [0.1, 0.15) is 34.1 Å². The molecule has 0 atom stereocenters. The van der Waals surface area contributed by atoms with Crippen molar-refractivity contribution in [2.45, 2.75) is 27.3 Å². The van der Waals surface area contributed by atoms with E-state index >= 15 is 0 Å². The molecular formula is C16H18N2O. The molecule has 0 saturated heterocycles. The maximum absolute atomic E-state index is 12.0. The zero-order chi connectivity index (χ0) is 13.8. The van der Waals surface area contributed by atoms with E-state index in [1.54, 1.807) is 12.3 Å². The van der Waals surface area contributed by atoms with Crippen LogP contribution in [0.3, 0.4) is 0 Å².